The summed E-state index contributed by atoms with van der Waals surface area (Å²) >= 11 is 0. The van der Waals surface area contributed by atoms with Crippen LogP contribution in [0.2, 0.25) is 0 Å². The molecule has 3 heteroatoms. The van der Waals surface area contributed by atoms with E-state index in [1.807, 2.05) is 24.3 Å². The quantitative estimate of drug-likeness (QED) is 0.834. The molecule has 20 heavy (non-hydrogen) atoms. The van der Waals surface area contributed by atoms with Gasteiger partial charge in [0.2, 0.25) is 0 Å². The summed E-state index contributed by atoms with van der Waals surface area (Å²) in [4.78, 5) is 12.4. The average Bonchev–Trinajstić information content (AvgIpc) is 2.43. The maximum Gasteiger partial charge on any atom is 0.164 e. The highest BCUT2D eigenvalue weighted by molar-refractivity contribution is 6.14. The molecule has 2 aromatic rings. The third kappa shape index (κ3) is 1.69. The number of ether oxygens (including phenoxy) is 2. The normalized spacial score (nSPS) is 16.3. The predicted molar refractivity (Wildman–Crippen MR) is 79.0 cm³/mol. The molecule has 0 atom stereocenters. The summed E-state index contributed by atoms with van der Waals surface area (Å²) in [6.07, 6.45) is 0.522. The minimum Gasteiger partial charge on any atom is -0.497 e. The van der Waals surface area contributed by atoms with Crippen LogP contribution in [-0.4, -0.2) is 20.0 Å². The molecule has 0 N–H and O–H groups in total. The number of hydrogen-bond acceptors (Lipinski definition) is 3. The van der Waals surface area contributed by atoms with Gasteiger partial charge in [0, 0.05) is 22.8 Å². The summed E-state index contributed by atoms with van der Waals surface area (Å²) in [5, 5.41) is 1.95. The molecule has 0 unspecified atom stereocenters. The van der Waals surface area contributed by atoms with Crippen LogP contribution in [0.25, 0.3) is 10.8 Å². The number of hydrogen-bond donors (Lipinski definition) is 0. The van der Waals surface area contributed by atoms with Crippen LogP contribution in [0, 0.1) is 0 Å². The van der Waals surface area contributed by atoms with Gasteiger partial charge in [-0.05, 0) is 35.2 Å². The number of methoxy groups -OCH3 is 2. The molecule has 0 aromatic heterocycles. The standard InChI is InChI=1S/C17H18O3/c1-17(2)9-14(18)11-5-6-15(20-4)12-7-10(19-3)8-13(17)16(11)12/h5-8H,9H2,1-4H3. The monoisotopic (exact) mass is 270 g/mol. The Kier molecular flexibility index (Phi) is 2.75. The molecule has 3 nitrogen and oxygen atoms in total. The summed E-state index contributed by atoms with van der Waals surface area (Å²) in [6.45, 7) is 4.20. The van der Waals surface area contributed by atoms with Crippen molar-refractivity contribution in [3.8, 4) is 11.5 Å². The summed E-state index contributed by atoms with van der Waals surface area (Å²) < 4.78 is 10.9. The third-order valence-electron chi connectivity index (χ3n) is 4.14. The lowest BCUT2D eigenvalue weighted by Gasteiger charge is -2.32. The van der Waals surface area contributed by atoms with Gasteiger partial charge in [-0.25, -0.2) is 0 Å². The van der Waals surface area contributed by atoms with Crippen molar-refractivity contribution in [2.75, 3.05) is 14.2 Å². The van der Waals surface area contributed by atoms with Crippen molar-refractivity contribution in [1.82, 2.24) is 0 Å². The van der Waals surface area contributed by atoms with E-state index in [1.54, 1.807) is 14.2 Å². The molecule has 1 aliphatic rings. The van der Waals surface area contributed by atoms with E-state index in [-0.39, 0.29) is 11.2 Å². The van der Waals surface area contributed by atoms with E-state index in [4.69, 9.17) is 9.47 Å². The molecule has 2 aromatic carbocycles. The Hall–Kier alpha value is -2.03. The minimum absolute atomic E-state index is 0.191. The van der Waals surface area contributed by atoms with Crippen LogP contribution in [0.1, 0.15) is 36.2 Å². The van der Waals surface area contributed by atoms with E-state index in [9.17, 15) is 4.79 Å². The fourth-order valence-electron chi connectivity index (χ4n) is 3.09. The Bertz CT molecular complexity index is 714. The first-order valence-corrected chi connectivity index (χ1v) is 6.70. The lowest BCUT2D eigenvalue weighted by atomic mass is 9.71. The molecule has 0 amide bonds. The average molecular weight is 270 g/mol. The highest BCUT2D eigenvalue weighted by atomic mass is 16.5. The minimum atomic E-state index is -0.191. The highest BCUT2D eigenvalue weighted by Crippen LogP contribution is 2.45. The molecule has 1 aliphatic carbocycles. The van der Waals surface area contributed by atoms with Gasteiger partial charge in [-0.15, -0.1) is 0 Å². The zero-order valence-corrected chi connectivity index (χ0v) is 12.2. The Labute approximate surface area is 118 Å². The van der Waals surface area contributed by atoms with Crippen LogP contribution in [-0.2, 0) is 5.41 Å². The third-order valence-corrected chi connectivity index (χ3v) is 4.14. The van der Waals surface area contributed by atoms with Gasteiger partial charge in [0.25, 0.3) is 0 Å². The topological polar surface area (TPSA) is 35.5 Å². The van der Waals surface area contributed by atoms with Gasteiger partial charge in [0.15, 0.2) is 5.78 Å². The molecule has 0 saturated heterocycles. The number of ketones is 1. The summed E-state index contributed by atoms with van der Waals surface area (Å²) in [5.41, 5.74) is 1.75. The SMILES string of the molecule is COc1cc2c3c(ccc(OC)c3c1)C(=O)CC2(C)C. The molecule has 0 heterocycles. The number of benzene rings is 2. The van der Waals surface area contributed by atoms with Crippen LogP contribution < -0.4 is 9.47 Å². The van der Waals surface area contributed by atoms with E-state index >= 15 is 0 Å². The van der Waals surface area contributed by atoms with E-state index in [0.717, 1.165) is 33.4 Å². The van der Waals surface area contributed by atoms with Gasteiger partial charge >= 0.3 is 0 Å². The number of rotatable bonds is 2. The summed E-state index contributed by atoms with van der Waals surface area (Å²) in [6, 6.07) is 7.71. The van der Waals surface area contributed by atoms with Gasteiger partial charge in [-0.3, -0.25) is 4.79 Å². The maximum atomic E-state index is 12.4. The second kappa shape index (κ2) is 4.23. The van der Waals surface area contributed by atoms with Crippen LogP contribution in [0.4, 0.5) is 0 Å². The molecule has 104 valence electrons. The van der Waals surface area contributed by atoms with E-state index in [1.165, 1.54) is 0 Å². The number of Topliss-reactive ketones (excluding diaryl/α,β-unsaturated/α-hetero) is 1. The van der Waals surface area contributed by atoms with Crippen LogP contribution >= 0.6 is 0 Å². The van der Waals surface area contributed by atoms with Crippen molar-refractivity contribution in [2.45, 2.75) is 25.7 Å². The summed E-state index contributed by atoms with van der Waals surface area (Å²) in [7, 11) is 3.30. The Morgan fingerprint density at radius 2 is 1.85 bits per heavy atom. The van der Waals surface area contributed by atoms with Crippen molar-refractivity contribution in [1.29, 1.82) is 0 Å². The van der Waals surface area contributed by atoms with Gasteiger partial charge < -0.3 is 9.47 Å². The highest BCUT2D eigenvalue weighted by Gasteiger charge is 2.34. The zero-order chi connectivity index (χ0) is 14.5. The van der Waals surface area contributed by atoms with E-state index in [2.05, 4.69) is 13.8 Å². The van der Waals surface area contributed by atoms with Crippen molar-refractivity contribution in [3.05, 3.63) is 35.4 Å². The van der Waals surface area contributed by atoms with Crippen molar-refractivity contribution < 1.29 is 14.3 Å². The number of carbonyl (C=O) groups excluding carboxylic acids is 1. The molecular formula is C17H18O3. The summed E-state index contributed by atoms with van der Waals surface area (Å²) in [5.74, 6) is 1.76. The first-order valence-electron chi connectivity index (χ1n) is 6.70. The van der Waals surface area contributed by atoms with Crippen LogP contribution in [0.3, 0.4) is 0 Å². The predicted octanol–water partition coefficient (Wildman–Crippen LogP) is 3.72. The van der Waals surface area contributed by atoms with E-state index < -0.39 is 0 Å². The Morgan fingerprint density at radius 1 is 1.10 bits per heavy atom. The molecule has 0 fully saturated rings. The van der Waals surface area contributed by atoms with Gasteiger partial charge in [-0.2, -0.15) is 0 Å². The van der Waals surface area contributed by atoms with Gasteiger partial charge in [0.1, 0.15) is 11.5 Å². The molecule has 0 spiro atoms. The van der Waals surface area contributed by atoms with Crippen LogP contribution in [0.5, 0.6) is 11.5 Å². The fourth-order valence-corrected chi connectivity index (χ4v) is 3.09. The molecule has 0 bridgehead atoms. The molecular weight excluding hydrogens is 252 g/mol. The van der Waals surface area contributed by atoms with Gasteiger partial charge in [0.05, 0.1) is 14.2 Å². The molecule has 0 radical (unpaired) electrons. The fraction of sp³-hybridized carbons (Fsp3) is 0.353. The maximum absolute atomic E-state index is 12.4. The number of carbonyl (C=O) groups is 1. The van der Waals surface area contributed by atoms with Crippen LogP contribution in [0.15, 0.2) is 24.3 Å². The first kappa shape index (κ1) is 13.0. The lowest BCUT2D eigenvalue weighted by Crippen LogP contribution is -2.27. The second-order valence-electron chi connectivity index (χ2n) is 5.90. The lowest BCUT2D eigenvalue weighted by molar-refractivity contribution is 0.0955. The van der Waals surface area contributed by atoms with E-state index in [0.29, 0.717) is 6.42 Å². The smallest absolute Gasteiger partial charge is 0.164 e. The molecule has 0 aliphatic heterocycles. The van der Waals surface area contributed by atoms with Crippen molar-refractivity contribution >= 4 is 16.6 Å². The van der Waals surface area contributed by atoms with Gasteiger partial charge in [-0.1, -0.05) is 13.8 Å². The molecule has 0 saturated carbocycles. The largest absolute Gasteiger partial charge is 0.497 e. The Balaban J connectivity index is 2.50. The molecule has 3 rings (SSSR count). The zero-order valence-electron chi connectivity index (χ0n) is 12.2. The second-order valence-corrected chi connectivity index (χ2v) is 5.90. The first-order chi connectivity index (χ1) is 9.47. The Morgan fingerprint density at radius 3 is 2.50 bits per heavy atom. The van der Waals surface area contributed by atoms with Crippen molar-refractivity contribution in [3.63, 3.8) is 0 Å². The van der Waals surface area contributed by atoms with Crippen molar-refractivity contribution in [2.24, 2.45) is 0 Å².